The second-order valence-corrected chi connectivity index (χ2v) is 8.00. The molecular formula is C15H10F14N2O3S. The second-order valence-electron chi connectivity index (χ2n) is 6.63. The second kappa shape index (κ2) is 8.63. The van der Waals surface area contributed by atoms with Gasteiger partial charge in [-0.25, -0.2) is 17.6 Å². The fourth-order valence-electron chi connectivity index (χ4n) is 2.62. The SMILES string of the molecule is Cn1c(C(F)(F)C(F)(F)C(F)(F)C(F)(F)C(F)(F)F)[n+](C)c2ccccc21.O=S(=O)([O-])C(F)(F)F. The number of hydrogen-bond acceptors (Lipinski definition) is 3. The number of nitrogens with zero attached hydrogens (tertiary/aromatic N) is 2. The number of rotatable bonds is 4. The third-order valence-electron chi connectivity index (χ3n) is 4.34. The lowest BCUT2D eigenvalue weighted by Crippen LogP contribution is -2.66. The molecule has 20 heteroatoms. The minimum absolute atomic E-state index is 0.170. The monoisotopic (exact) mass is 564 g/mol. The molecule has 0 saturated heterocycles. The maximum absolute atomic E-state index is 14.3. The minimum atomic E-state index is -7.44. The Morgan fingerprint density at radius 2 is 1.17 bits per heavy atom. The van der Waals surface area contributed by atoms with Gasteiger partial charge in [-0.05, 0) is 12.1 Å². The van der Waals surface area contributed by atoms with E-state index in [9.17, 15) is 61.5 Å². The van der Waals surface area contributed by atoms with Crippen LogP contribution < -0.4 is 4.57 Å². The molecule has 1 heterocycles. The van der Waals surface area contributed by atoms with Gasteiger partial charge in [-0.2, -0.15) is 61.5 Å². The molecule has 0 aliphatic carbocycles. The summed E-state index contributed by atoms with van der Waals surface area (Å²) in [6, 6.07) is 4.84. The quantitative estimate of drug-likeness (QED) is 0.236. The normalized spacial score (nSPS) is 14.7. The van der Waals surface area contributed by atoms with Gasteiger partial charge in [-0.15, -0.1) is 0 Å². The number of hydrogen-bond donors (Lipinski definition) is 0. The van der Waals surface area contributed by atoms with Gasteiger partial charge in [0.2, 0.25) is 0 Å². The van der Waals surface area contributed by atoms with Crippen LogP contribution in [0.3, 0.4) is 0 Å². The Bertz CT molecular complexity index is 1140. The first-order valence-corrected chi connectivity index (χ1v) is 9.62. The van der Waals surface area contributed by atoms with Crippen molar-refractivity contribution in [3.63, 3.8) is 0 Å². The zero-order valence-corrected chi connectivity index (χ0v) is 17.4. The molecule has 0 aliphatic heterocycles. The Balaban J connectivity index is 0.000000658. The predicted octanol–water partition coefficient (Wildman–Crippen LogP) is 4.61. The number of aryl methyl sites for hydroxylation is 2. The molecule has 2 aromatic rings. The van der Waals surface area contributed by atoms with Crippen LogP contribution in [0.5, 0.6) is 0 Å². The highest BCUT2D eigenvalue weighted by atomic mass is 32.2. The van der Waals surface area contributed by atoms with Crippen LogP contribution in [0.25, 0.3) is 11.0 Å². The van der Waals surface area contributed by atoms with Crippen molar-refractivity contribution < 1.29 is 79.0 Å². The maximum atomic E-state index is 14.3. The number of imidazole rings is 1. The molecule has 202 valence electrons. The van der Waals surface area contributed by atoms with E-state index in [1.165, 1.54) is 12.1 Å². The summed E-state index contributed by atoms with van der Waals surface area (Å²) in [6.07, 6.45) is -7.18. The van der Waals surface area contributed by atoms with E-state index in [1.807, 2.05) is 0 Å². The standard InChI is InChI=1S/C14H10F11N2.CHF3O3S/c1-26-7-5-3-4-6-8(7)27(2)9(26)10(15,16)11(17,18)12(19,20)13(21,22)14(23,24)25;2-1(3,4)8(5,6)7/h3-6H,1-2H3;(H,5,6,7)/q+1;/p-1. The predicted molar refractivity (Wildman–Crippen MR) is 84.6 cm³/mol. The van der Waals surface area contributed by atoms with E-state index >= 15 is 0 Å². The van der Waals surface area contributed by atoms with Crippen LogP contribution in [0.4, 0.5) is 61.5 Å². The summed E-state index contributed by atoms with van der Waals surface area (Å²) < 4.78 is 205. The van der Waals surface area contributed by atoms with Crippen LogP contribution in [-0.2, 0) is 30.1 Å². The van der Waals surface area contributed by atoms with Crippen LogP contribution in [0.2, 0.25) is 0 Å². The molecule has 0 fully saturated rings. The van der Waals surface area contributed by atoms with E-state index in [4.69, 9.17) is 13.0 Å². The van der Waals surface area contributed by atoms with Crippen molar-refractivity contribution in [3.8, 4) is 0 Å². The average Bonchev–Trinajstić information content (AvgIpc) is 2.90. The molecule has 0 N–H and O–H groups in total. The Labute approximate surface area is 185 Å². The van der Waals surface area contributed by atoms with E-state index in [1.54, 1.807) is 0 Å². The summed E-state index contributed by atoms with van der Waals surface area (Å²) in [7, 11) is -4.59. The Morgan fingerprint density at radius 3 is 1.51 bits per heavy atom. The summed E-state index contributed by atoms with van der Waals surface area (Å²) >= 11 is 0. The maximum Gasteiger partial charge on any atom is 0.485 e. The topological polar surface area (TPSA) is 66.0 Å². The van der Waals surface area contributed by atoms with Crippen molar-refractivity contribution in [3.05, 3.63) is 30.1 Å². The molecule has 0 aliphatic rings. The van der Waals surface area contributed by atoms with Gasteiger partial charge in [0.05, 0.1) is 14.1 Å². The van der Waals surface area contributed by atoms with Gasteiger partial charge in [0, 0.05) is 0 Å². The van der Waals surface area contributed by atoms with Crippen molar-refractivity contribution in [2.45, 2.75) is 35.4 Å². The number of aromatic nitrogens is 2. The molecule has 0 atom stereocenters. The lowest BCUT2D eigenvalue weighted by Gasteiger charge is -2.35. The summed E-state index contributed by atoms with van der Waals surface area (Å²) in [6.45, 7) is 0. The molecule has 5 nitrogen and oxygen atoms in total. The van der Waals surface area contributed by atoms with Gasteiger partial charge in [0.15, 0.2) is 21.2 Å². The highest BCUT2D eigenvalue weighted by Crippen LogP contribution is 2.59. The van der Waals surface area contributed by atoms with Crippen molar-refractivity contribution in [2.24, 2.45) is 14.1 Å². The van der Waals surface area contributed by atoms with Gasteiger partial charge >= 0.3 is 41.2 Å². The summed E-state index contributed by atoms with van der Waals surface area (Å²) in [4.78, 5) is 0. The lowest BCUT2D eigenvalue weighted by atomic mass is 9.97. The van der Waals surface area contributed by atoms with E-state index in [-0.39, 0.29) is 11.0 Å². The first kappa shape index (κ1) is 30.7. The van der Waals surface area contributed by atoms with Gasteiger partial charge in [0.25, 0.3) is 0 Å². The van der Waals surface area contributed by atoms with E-state index in [2.05, 4.69) is 0 Å². The van der Waals surface area contributed by atoms with Gasteiger partial charge in [-0.1, -0.05) is 12.1 Å². The zero-order valence-electron chi connectivity index (χ0n) is 16.6. The molecular weight excluding hydrogens is 554 g/mol. The van der Waals surface area contributed by atoms with Crippen LogP contribution in [0.15, 0.2) is 24.3 Å². The number of alkyl halides is 14. The Kier molecular flexibility index (Phi) is 7.56. The molecule has 0 spiro atoms. The fourth-order valence-corrected chi connectivity index (χ4v) is 2.62. The summed E-state index contributed by atoms with van der Waals surface area (Å²) in [5, 5.41) is 0. The van der Waals surface area contributed by atoms with Crippen LogP contribution in [0.1, 0.15) is 5.82 Å². The van der Waals surface area contributed by atoms with Gasteiger partial charge in [0.1, 0.15) is 0 Å². The third-order valence-corrected chi connectivity index (χ3v) is 4.91. The van der Waals surface area contributed by atoms with Gasteiger partial charge in [-0.3, -0.25) is 0 Å². The van der Waals surface area contributed by atoms with E-state index in [0.29, 0.717) is 9.13 Å². The fraction of sp³-hybridized carbons (Fsp3) is 0.533. The third kappa shape index (κ3) is 4.85. The number of para-hydroxylation sites is 2. The molecule has 2 rings (SSSR count). The number of benzene rings is 1. The number of fused-ring (bicyclic) bond motifs is 1. The average molecular weight is 564 g/mol. The largest absolute Gasteiger partial charge is 0.741 e. The zero-order chi connectivity index (χ0) is 28.2. The van der Waals surface area contributed by atoms with Crippen LogP contribution >= 0.6 is 0 Å². The minimum Gasteiger partial charge on any atom is -0.741 e. The van der Waals surface area contributed by atoms with Crippen LogP contribution in [-0.4, -0.2) is 47.0 Å². The van der Waals surface area contributed by atoms with Gasteiger partial charge < -0.3 is 4.55 Å². The lowest BCUT2D eigenvalue weighted by molar-refractivity contribution is -0.668. The smallest absolute Gasteiger partial charge is 0.485 e. The van der Waals surface area contributed by atoms with E-state index in [0.717, 1.165) is 26.2 Å². The van der Waals surface area contributed by atoms with Crippen LogP contribution in [0, 0.1) is 0 Å². The number of halogens is 14. The first-order valence-electron chi connectivity index (χ1n) is 8.22. The molecule has 0 amide bonds. The highest BCUT2D eigenvalue weighted by Gasteiger charge is 2.89. The Morgan fingerprint density at radius 1 is 0.771 bits per heavy atom. The molecule has 0 saturated carbocycles. The molecule has 35 heavy (non-hydrogen) atoms. The van der Waals surface area contributed by atoms with Crippen molar-refractivity contribution in [1.29, 1.82) is 0 Å². The highest BCUT2D eigenvalue weighted by molar-refractivity contribution is 7.86. The van der Waals surface area contributed by atoms with Crippen molar-refractivity contribution in [2.75, 3.05) is 0 Å². The summed E-state index contributed by atoms with van der Waals surface area (Å²) in [5.74, 6) is -29.9. The molecule has 0 bridgehead atoms. The summed E-state index contributed by atoms with van der Waals surface area (Å²) in [5.41, 5.74) is -5.99. The van der Waals surface area contributed by atoms with Crippen molar-refractivity contribution in [1.82, 2.24) is 4.57 Å². The molecule has 0 radical (unpaired) electrons. The van der Waals surface area contributed by atoms with E-state index < -0.39 is 51.3 Å². The first-order chi connectivity index (χ1) is 15.2. The Hall–Kier alpha value is -2.38. The van der Waals surface area contributed by atoms with Crippen molar-refractivity contribution >= 4 is 21.2 Å². The molecule has 1 aromatic carbocycles. The molecule has 1 aromatic heterocycles. The molecule has 0 unspecified atom stereocenters.